The highest BCUT2D eigenvalue weighted by Crippen LogP contribution is 2.36. The Kier molecular flexibility index (Phi) is 4.97. The third-order valence-corrected chi connectivity index (χ3v) is 6.37. The fourth-order valence-electron chi connectivity index (χ4n) is 3.66. The molecular weight excluding hydrogens is 399 g/mol. The third-order valence-electron chi connectivity index (χ3n) is 4.97. The van der Waals surface area contributed by atoms with Gasteiger partial charge in [0.15, 0.2) is 0 Å². The molecule has 2 amide bonds. The predicted octanol–water partition coefficient (Wildman–Crippen LogP) is 0.820. The molecule has 0 saturated carbocycles. The number of carbonyl (C=O) groups is 2. The number of nitrogens with one attached hydrogen (secondary N) is 3. The number of sulfonamides is 1. The lowest BCUT2D eigenvalue weighted by Crippen LogP contribution is -2.44. The van der Waals surface area contributed by atoms with Crippen molar-refractivity contribution in [2.24, 2.45) is 0 Å². The Hall–Kier alpha value is -2.98. The highest BCUT2D eigenvalue weighted by molar-refractivity contribution is 7.89. The number of halogens is 1. The molecule has 0 aromatic heterocycles. The van der Waals surface area contributed by atoms with Gasteiger partial charge in [0.25, 0.3) is 0 Å². The Morgan fingerprint density at radius 2 is 2.00 bits per heavy atom. The van der Waals surface area contributed by atoms with E-state index in [0.29, 0.717) is 13.0 Å². The minimum Gasteiger partial charge on any atom is -0.356 e. The Balaban J connectivity index is 1.37. The number of amides is 2. The molecule has 3 N–H and O–H groups in total. The highest BCUT2D eigenvalue weighted by Gasteiger charge is 2.41. The molecule has 10 heteroatoms. The third kappa shape index (κ3) is 3.94. The van der Waals surface area contributed by atoms with Crippen LogP contribution in [0.4, 0.5) is 15.8 Å². The van der Waals surface area contributed by atoms with Crippen LogP contribution in [-0.4, -0.2) is 45.4 Å². The molecule has 2 heterocycles. The van der Waals surface area contributed by atoms with Crippen molar-refractivity contribution in [2.75, 3.05) is 23.3 Å². The molecule has 4 rings (SSSR count). The normalized spacial score (nSPS) is 20.6. The zero-order valence-corrected chi connectivity index (χ0v) is 16.1. The molecule has 2 aromatic carbocycles. The van der Waals surface area contributed by atoms with Crippen LogP contribution in [0.1, 0.15) is 6.42 Å². The quantitative estimate of drug-likeness (QED) is 0.667. The van der Waals surface area contributed by atoms with Gasteiger partial charge < -0.3 is 15.5 Å². The second-order valence-electron chi connectivity index (χ2n) is 6.96. The second kappa shape index (κ2) is 7.45. The standard InChI is InChI=1S/C19H19FN4O4S/c20-12-4-3-5-14(8-12)29(27,28)21-10-18(25)22-13-9-17-19(26)23-15-6-1-2-7-16(15)24(17)11-13/h1-8,13,17,21H,9-11H2,(H,22,25)(H,23,26). The maximum Gasteiger partial charge on any atom is 0.247 e. The number of carbonyl (C=O) groups excluding carboxylic acids is 2. The summed E-state index contributed by atoms with van der Waals surface area (Å²) in [6, 6.07) is 11.3. The Bertz CT molecular complexity index is 1080. The molecule has 8 nitrogen and oxygen atoms in total. The number of benzene rings is 2. The lowest BCUT2D eigenvalue weighted by Gasteiger charge is -2.32. The van der Waals surface area contributed by atoms with Gasteiger partial charge in [0.1, 0.15) is 11.9 Å². The van der Waals surface area contributed by atoms with Crippen LogP contribution in [0.25, 0.3) is 0 Å². The van der Waals surface area contributed by atoms with Gasteiger partial charge in [-0.1, -0.05) is 18.2 Å². The summed E-state index contributed by atoms with van der Waals surface area (Å²) in [6.07, 6.45) is 0.419. The van der Waals surface area contributed by atoms with Crippen molar-refractivity contribution in [3.8, 4) is 0 Å². The van der Waals surface area contributed by atoms with Gasteiger partial charge >= 0.3 is 0 Å². The average Bonchev–Trinajstić information content (AvgIpc) is 3.11. The van der Waals surface area contributed by atoms with Crippen molar-refractivity contribution >= 4 is 33.2 Å². The van der Waals surface area contributed by atoms with E-state index in [0.717, 1.165) is 23.5 Å². The molecule has 1 saturated heterocycles. The molecule has 2 atom stereocenters. The molecule has 2 aliphatic rings. The molecule has 0 radical (unpaired) electrons. The van der Waals surface area contributed by atoms with Gasteiger partial charge in [0, 0.05) is 12.6 Å². The van der Waals surface area contributed by atoms with Crippen molar-refractivity contribution in [1.82, 2.24) is 10.0 Å². The van der Waals surface area contributed by atoms with Gasteiger partial charge in [0.2, 0.25) is 21.8 Å². The number of nitrogens with zero attached hydrogens (tertiary/aromatic N) is 1. The van der Waals surface area contributed by atoms with Gasteiger partial charge in [-0.05, 0) is 36.8 Å². The molecule has 2 aliphatic heterocycles. The first-order chi connectivity index (χ1) is 13.8. The number of fused-ring (bicyclic) bond motifs is 3. The lowest BCUT2D eigenvalue weighted by atomic mass is 10.1. The number of hydrogen-bond acceptors (Lipinski definition) is 5. The summed E-state index contributed by atoms with van der Waals surface area (Å²) in [6.45, 7) is -0.0414. The van der Waals surface area contributed by atoms with Gasteiger partial charge in [-0.25, -0.2) is 17.5 Å². The van der Waals surface area contributed by atoms with E-state index < -0.39 is 28.3 Å². The topological polar surface area (TPSA) is 108 Å². The van der Waals surface area contributed by atoms with Crippen LogP contribution >= 0.6 is 0 Å². The smallest absolute Gasteiger partial charge is 0.247 e. The minimum atomic E-state index is -4.01. The Labute approximate surface area is 167 Å². The van der Waals surface area contributed by atoms with Crippen LogP contribution in [-0.2, 0) is 19.6 Å². The van der Waals surface area contributed by atoms with Crippen LogP contribution in [0.15, 0.2) is 53.4 Å². The predicted molar refractivity (Wildman–Crippen MR) is 104 cm³/mol. The Morgan fingerprint density at radius 1 is 1.21 bits per heavy atom. The summed E-state index contributed by atoms with van der Waals surface area (Å²) in [5.41, 5.74) is 1.62. The van der Waals surface area contributed by atoms with Crippen LogP contribution in [0.3, 0.4) is 0 Å². The van der Waals surface area contributed by atoms with E-state index in [1.165, 1.54) is 12.1 Å². The van der Waals surface area contributed by atoms with E-state index in [9.17, 15) is 22.4 Å². The monoisotopic (exact) mass is 418 g/mol. The first kappa shape index (κ1) is 19.3. The fourth-order valence-corrected chi connectivity index (χ4v) is 4.67. The fraction of sp³-hybridized carbons (Fsp3) is 0.263. The van der Waals surface area contributed by atoms with E-state index in [1.54, 1.807) is 0 Å². The molecule has 2 unspecified atom stereocenters. The van der Waals surface area contributed by atoms with E-state index in [-0.39, 0.29) is 22.9 Å². The molecule has 0 spiro atoms. The summed E-state index contributed by atoms with van der Waals surface area (Å²) in [5.74, 6) is -1.34. The molecule has 0 bridgehead atoms. The van der Waals surface area contributed by atoms with Crippen molar-refractivity contribution in [1.29, 1.82) is 0 Å². The molecular formula is C19H19FN4O4S. The van der Waals surface area contributed by atoms with E-state index >= 15 is 0 Å². The average molecular weight is 418 g/mol. The maximum atomic E-state index is 13.2. The van der Waals surface area contributed by atoms with Crippen molar-refractivity contribution in [3.63, 3.8) is 0 Å². The van der Waals surface area contributed by atoms with Gasteiger partial charge in [-0.15, -0.1) is 0 Å². The molecule has 0 aliphatic carbocycles. The summed E-state index contributed by atoms with van der Waals surface area (Å²) >= 11 is 0. The maximum absolute atomic E-state index is 13.2. The first-order valence-electron chi connectivity index (χ1n) is 9.04. The number of anilines is 2. The zero-order valence-electron chi connectivity index (χ0n) is 15.3. The molecule has 29 heavy (non-hydrogen) atoms. The lowest BCUT2D eigenvalue weighted by molar-refractivity contribution is -0.121. The van der Waals surface area contributed by atoms with Gasteiger partial charge in [0.05, 0.1) is 22.8 Å². The molecule has 2 aromatic rings. The van der Waals surface area contributed by atoms with Gasteiger partial charge in [-0.3, -0.25) is 9.59 Å². The zero-order chi connectivity index (χ0) is 20.6. The van der Waals surface area contributed by atoms with E-state index in [2.05, 4.69) is 15.4 Å². The second-order valence-corrected chi connectivity index (χ2v) is 8.72. The van der Waals surface area contributed by atoms with E-state index in [1.807, 2.05) is 29.2 Å². The first-order valence-corrected chi connectivity index (χ1v) is 10.5. The molecule has 152 valence electrons. The summed E-state index contributed by atoms with van der Waals surface area (Å²) in [7, 11) is -4.01. The van der Waals surface area contributed by atoms with Crippen LogP contribution < -0.4 is 20.3 Å². The minimum absolute atomic E-state index is 0.132. The summed E-state index contributed by atoms with van der Waals surface area (Å²) < 4.78 is 39.8. The highest BCUT2D eigenvalue weighted by atomic mass is 32.2. The summed E-state index contributed by atoms with van der Waals surface area (Å²) in [5, 5.41) is 5.62. The van der Waals surface area contributed by atoms with E-state index in [4.69, 9.17) is 0 Å². The van der Waals surface area contributed by atoms with Crippen LogP contribution in [0.5, 0.6) is 0 Å². The van der Waals surface area contributed by atoms with Crippen LogP contribution in [0, 0.1) is 5.82 Å². The number of para-hydroxylation sites is 2. The summed E-state index contributed by atoms with van der Waals surface area (Å²) in [4.78, 5) is 26.3. The van der Waals surface area contributed by atoms with Crippen molar-refractivity contribution in [2.45, 2.75) is 23.4 Å². The number of rotatable bonds is 5. The number of hydrogen-bond donors (Lipinski definition) is 3. The van der Waals surface area contributed by atoms with Crippen molar-refractivity contribution in [3.05, 3.63) is 54.3 Å². The van der Waals surface area contributed by atoms with Crippen molar-refractivity contribution < 1.29 is 22.4 Å². The molecule has 1 fully saturated rings. The largest absolute Gasteiger partial charge is 0.356 e. The Morgan fingerprint density at radius 3 is 2.79 bits per heavy atom. The van der Waals surface area contributed by atoms with Gasteiger partial charge in [-0.2, -0.15) is 0 Å². The van der Waals surface area contributed by atoms with Crippen LogP contribution in [0.2, 0.25) is 0 Å². The SMILES string of the molecule is O=C(CNS(=O)(=O)c1cccc(F)c1)NC1CC2C(=O)Nc3ccccc3N2C1.